The van der Waals surface area contributed by atoms with Crippen LogP contribution in [0.15, 0.2) is 109 Å². The van der Waals surface area contributed by atoms with Gasteiger partial charge in [0.15, 0.2) is 5.60 Å². The number of aromatic nitrogens is 7. The second-order valence-electron chi connectivity index (χ2n) is 13.5. The maximum Gasteiger partial charge on any atom is 0.350 e. The molecule has 1 fully saturated rings. The number of benzene rings is 3. The van der Waals surface area contributed by atoms with Gasteiger partial charge < -0.3 is 20.0 Å². The van der Waals surface area contributed by atoms with Gasteiger partial charge in [-0.2, -0.15) is 28.9 Å². The Morgan fingerprint density at radius 2 is 1.38 bits per heavy atom. The molecule has 0 bridgehead atoms. The van der Waals surface area contributed by atoms with Crippen LogP contribution in [0, 0.1) is 11.6 Å². The third-order valence-electron chi connectivity index (χ3n) is 10.1. The van der Waals surface area contributed by atoms with Crippen LogP contribution in [-0.4, -0.2) is 76.8 Å². The second kappa shape index (κ2) is 15.1. The minimum Gasteiger partial charge on any atom is -0.391 e. The van der Waals surface area contributed by atoms with Crippen LogP contribution in [0.3, 0.4) is 0 Å². The van der Waals surface area contributed by atoms with Crippen LogP contribution >= 0.6 is 0 Å². The first-order valence-corrected chi connectivity index (χ1v) is 17.8. The summed E-state index contributed by atoms with van der Waals surface area (Å²) in [4.78, 5) is 22.3. The first kappa shape index (κ1) is 37.4. The molecular weight excluding hydrogens is 718 g/mol. The smallest absolute Gasteiger partial charge is 0.350 e. The number of piperazine rings is 1. The van der Waals surface area contributed by atoms with Crippen molar-refractivity contribution < 1.29 is 27.8 Å². The van der Waals surface area contributed by atoms with Gasteiger partial charge in [0.2, 0.25) is 0 Å². The Morgan fingerprint density at radius 1 is 0.800 bits per heavy atom. The highest BCUT2D eigenvalue weighted by atomic mass is 19.3. The molecule has 1 aliphatic heterocycles. The molecule has 1 aliphatic rings. The second-order valence-corrected chi connectivity index (χ2v) is 13.5. The predicted molar refractivity (Wildman–Crippen MR) is 197 cm³/mol. The molecule has 2 N–H and O–H groups in total. The van der Waals surface area contributed by atoms with Gasteiger partial charge in [-0.05, 0) is 73.5 Å². The fourth-order valence-electron chi connectivity index (χ4n) is 7.02. The van der Waals surface area contributed by atoms with Crippen LogP contribution in [0.1, 0.15) is 37.6 Å². The normalized spacial score (nSPS) is 15.9. The lowest BCUT2D eigenvalue weighted by Gasteiger charge is -2.37. The van der Waals surface area contributed by atoms with E-state index in [9.17, 15) is 23.8 Å². The van der Waals surface area contributed by atoms with Crippen molar-refractivity contribution in [3.8, 4) is 16.8 Å². The van der Waals surface area contributed by atoms with Crippen molar-refractivity contribution in [1.82, 2.24) is 34.3 Å². The maximum atomic E-state index is 16.2. The lowest BCUT2D eigenvalue weighted by Crippen LogP contribution is -2.48. The minimum absolute atomic E-state index is 0.306. The van der Waals surface area contributed by atoms with E-state index in [0.29, 0.717) is 23.7 Å². The number of hydrogen-bond donors (Lipinski definition) is 2. The number of rotatable bonds is 12. The highest BCUT2D eigenvalue weighted by Gasteiger charge is 2.58. The highest BCUT2D eigenvalue weighted by Crippen LogP contribution is 2.47. The first-order chi connectivity index (χ1) is 26.4. The molecule has 7 rings (SSSR count). The van der Waals surface area contributed by atoms with E-state index in [1.165, 1.54) is 40.2 Å². The van der Waals surface area contributed by atoms with Crippen molar-refractivity contribution in [2.75, 3.05) is 36.0 Å². The van der Waals surface area contributed by atoms with E-state index in [-0.39, 0.29) is 5.69 Å². The van der Waals surface area contributed by atoms with Crippen LogP contribution in [0.4, 0.5) is 28.9 Å². The van der Waals surface area contributed by atoms with Crippen LogP contribution in [-0.2, 0) is 18.1 Å². The summed E-state index contributed by atoms with van der Waals surface area (Å²) in [5.41, 5.74) is -1.18. The van der Waals surface area contributed by atoms with E-state index in [0.717, 1.165) is 66.1 Å². The van der Waals surface area contributed by atoms with E-state index in [2.05, 4.69) is 30.1 Å². The monoisotopic (exact) mass is 757 g/mol. The van der Waals surface area contributed by atoms with Crippen LogP contribution < -0.4 is 15.5 Å². The summed E-state index contributed by atoms with van der Waals surface area (Å²) >= 11 is 0. The number of pyridine rings is 1. The molecule has 12 nitrogen and oxygen atoms in total. The number of alkyl halides is 2. The minimum atomic E-state index is -4.15. The van der Waals surface area contributed by atoms with Gasteiger partial charge in [-0.3, -0.25) is 4.98 Å². The van der Waals surface area contributed by atoms with Gasteiger partial charge in [0.1, 0.15) is 30.2 Å². The van der Waals surface area contributed by atoms with Crippen LogP contribution in [0.5, 0.6) is 0 Å². The maximum absolute atomic E-state index is 16.2. The predicted octanol–water partition coefficient (Wildman–Crippen LogP) is 5.30. The lowest BCUT2D eigenvalue weighted by atomic mass is 9.84. The zero-order chi connectivity index (χ0) is 38.9. The largest absolute Gasteiger partial charge is 0.391 e. The zero-order valence-electron chi connectivity index (χ0n) is 30.1. The quantitative estimate of drug-likeness (QED) is 0.160. The molecule has 16 heteroatoms. The molecule has 3 unspecified atom stereocenters. The summed E-state index contributed by atoms with van der Waals surface area (Å²) in [7, 11) is 0. The molecule has 0 spiro atoms. The molecule has 55 heavy (non-hydrogen) atoms. The molecule has 6 aromatic rings. The van der Waals surface area contributed by atoms with Crippen molar-refractivity contribution in [2.24, 2.45) is 0 Å². The molecular formula is C39H39F4N9O3. The number of halogens is 4. The fraction of sp³-hybridized carbons (Fsp3) is 0.308. The summed E-state index contributed by atoms with van der Waals surface area (Å²) in [6.45, 7) is 5.64. The van der Waals surface area contributed by atoms with Gasteiger partial charge in [-0.25, -0.2) is 22.8 Å². The van der Waals surface area contributed by atoms with Crippen LogP contribution in [0.25, 0.3) is 16.8 Å². The standard InChI is InChI=1S/C39H39F4N9O3/c1-3-35(26(2)53)52-37(54)50(25-47-52)32-12-10-31(11-13-32)49-20-18-48(19-21-49)30-8-4-27(5-9-30)28-6-15-36(44-23-28)39(42,43)38(55,24-51-45-16-17-46-51)33-14-7-29(40)22-34(33)41/h4-17,22-23,25-26,35,53,55H,3,18-21,24H2,1-2H3. The van der Waals surface area contributed by atoms with Gasteiger partial charge in [0.05, 0.1) is 30.2 Å². The third-order valence-corrected chi connectivity index (χ3v) is 10.1. The summed E-state index contributed by atoms with van der Waals surface area (Å²) in [6, 6.07) is 19.5. The summed E-state index contributed by atoms with van der Waals surface area (Å²) in [5, 5.41) is 33.3. The lowest BCUT2D eigenvalue weighted by molar-refractivity contribution is -0.209. The van der Waals surface area contributed by atoms with Gasteiger partial charge >= 0.3 is 11.6 Å². The van der Waals surface area contributed by atoms with E-state index in [1.807, 2.05) is 55.5 Å². The summed E-state index contributed by atoms with van der Waals surface area (Å²) in [5.74, 6) is -6.47. The molecule has 0 radical (unpaired) electrons. The van der Waals surface area contributed by atoms with Crippen molar-refractivity contribution in [3.63, 3.8) is 0 Å². The molecule has 1 saturated heterocycles. The van der Waals surface area contributed by atoms with Crippen molar-refractivity contribution >= 4 is 11.4 Å². The van der Waals surface area contributed by atoms with Gasteiger partial charge in [-0.1, -0.05) is 25.1 Å². The van der Waals surface area contributed by atoms with Crippen LogP contribution in [0.2, 0.25) is 0 Å². The average molecular weight is 758 g/mol. The Kier molecular flexibility index (Phi) is 10.3. The molecule has 3 aromatic heterocycles. The van der Waals surface area contributed by atoms with Gasteiger partial charge in [-0.15, -0.1) is 0 Å². The Hall–Kier alpha value is -5.87. The van der Waals surface area contributed by atoms with Crippen molar-refractivity contribution in [1.29, 1.82) is 0 Å². The zero-order valence-corrected chi connectivity index (χ0v) is 30.1. The molecule has 0 saturated carbocycles. The third kappa shape index (κ3) is 7.22. The molecule has 0 amide bonds. The summed E-state index contributed by atoms with van der Waals surface area (Å²) in [6.07, 6.45) is 5.06. The van der Waals surface area contributed by atoms with E-state index in [1.54, 1.807) is 6.92 Å². The van der Waals surface area contributed by atoms with Crippen molar-refractivity contribution in [3.05, 3.63) is 137 Å². The molecule has 3 atom stereocenters. The average Bonchev–Trinajstić information content (AvgIpc) is 3.84. The van der Waals surface area contributed by atoms with E-state index < -0.39 is 53.1 Å². The van der Waals surface area contributed by atoms with E-state index in [4.69, 9.17) is 0 Å². The number of hydrogen-bond acceptors (Lipinski definition) is 9. The Balaban J connectivity index is 1.00. The first-order valence-electron chi connectivity index (χ1n) is 17.8. The van der Waals surface area contributed by atoms with Gasteiger partial charge in [0, 0.05) is 60.9 Å². The molecule has 3 aromatic carbocycles. The Bertz CT molecular complexity index is 2270. The summed E-state index contributed by atoms with van der Waals surface area (Å²) < 4.78 is 63.7. The molecule has 4 heterocycles. The fourth-order valence-corrected chi connectivity index (χ4v) is 7.02. The molecule has 0 aliphatic carbocycles. The topological polar surface area (TPSA) is 130 Å². The van der Waals surface area contributed by atoms with Crippen molar-refractivity contribution in [2.45, 2.75) is 50.5 Å². The number of anilines is 2. The van der Waals surface area contributed by atoms with Gasteiger partial charge in [0.25, 0.3) is 0 Å². The highest BCUT2D eigenvalue weighted by molar-refractivity contribution is 5.66. The SMILES string of the molecule is CCC(C(C)O)n1ncn(-c2ccc(N3CCN(c4ccc(-c5ccc(C(F)(F)C(O)(Cn6nccn6)c6ccc(F)cc6F)nc5)cc4)CC3)cc2)c1=O. The number of nitrogens with zero attached hydrogens (tertiary/aromatic N) is 9. The Morgan fingerprint density at radius 3 is 1.93 bits per heavy atom. The van der Waals surface area contributed by atoms with E-state index >= 15 is 8.78 Å². The Labute approximate surface area is 313 Å². The number of aliphatic hydroxyl groups is 2. The number of aliphatic hydroxyl groups excluding tert-OH is 1. The molecule has 286 valence electrons.